The summed E-state index contributed by atoms with van der Waals surface area (Å²) in [7, 11) is 0. The van der Waals surface area contributed by atoms with Gasteiger partial charge in [0.15, 0.2) is 0 Å². The molecule has 0 bridgehead atoms. The summed E-state index contributed by atoms with van der Waals surface area (Å²) in [5, 5.41) is 6.94. The second-order valence-corrected chi connectivity index (χ2v) is 8.24. The minimum Gasteiger partial charge on any atom is -0.361 e. The van der Waals surface area contributed by atoms with Gasteiger partial charge in [0.25, 0.3) is 0 Å². The van der Waals surface area contributed by atoms with Gasteiger partial charge >= 0.3 is 0 Å². The fourth-order valence-electron chi connectivity index (χ4n) is 3.66. The van der Waals surface area contributed by atoms with E-state index in [1.807, 2.05) is 67.7 Å². The van der Waals surface area contributed by atoms with E-state index < -0.39 is 12.1 Å². The first-order valence-corrected chi connectivity index (χ1v) is 10.5. The molecule has 0 spiro atoms. The van der Waals surface area contributed by atoms with Gasteiger partial charge in [0.2, 0.25) is 11.8 Å². The number of carbonyl (C=O) groups is 2. The third-order valence-electron chi connectivity index (χ3n) is 5.24. The molecule has 2 heterocycles. The topological polar surface area (TPSA) is 74.0 Å². The zero-order valence-electron chi connectivity index (χ0n) is 15.6. The predicted molar refractivity (Wildman–Crippen MR) is 112 cm³/mol. The van der Waals surface area contributed by atoms with Crippen LogP contribution in [0.2, 0.25) is 0 Å². The van der Waals surface area contributed by atoms with Crippen LogP contribution in [-0.4, -0.2) is 34.6 Å². The van der Waals surface area contributed by atoms with Gasteiger partial charge in [-0.15, -0.1) is 11.8 Å². The lowest BCUT2D eigenvalue weighted by atomic mass is 9.90. The summed E-state index contributed by atoms with van der Waals surface area (Å²) in [5.74, 6) is 0.419. The van der Waals surface area contributed by atoms with E-state index in [2.05, 4.69) is 15.6 Å². The molecule has 1 unspecified atom stereocenters. The van der Waals surface area contributed by atoms with Crippen LogP contribution in [0.1, 0.15) is 24.8 Å². The SMILES string of the molecule is CC(c1c[nH]c2ccccc12)[C@H]1NC(=O)[C@@H](CCSc2ccccc2)NC1=O. The lowest BCUT2D eigenvalue weighted by Gasteiger charge is -2.32. The van der Waals surface area contributed by atoms with Crippen molar-refractivity contribution in [2.75, 3.05) is 5.75 Å². The molecule has 2 amide bonds. The molecule has 1 aliphatic rings. The molecule has 28 heavy (non-hydrogen) atoms. The number of nitrogens with one attached hydrogen (secondary N) is 3. The second kappa shape index (κ2) is 8.10. The Morgan fingerprint density at radius 2 is 1.71 bits per heavy atom. The van der Waals surface area contributed by atoms with Crippen molar-refractivity contribution >= 4 is 34.5 Å². The van der Waals surface area contributed by atoms with Crippen molar-refractivity contribution in [1.82, 2.24) is 15.6 Å². The number of benzene rings is 2. The molecular formula is C22H23N3O2S. The van der Waals surface area contributed by atoms with Gasteiger partial charge in [-0.3, -0.25) is 9.59 Å². The number of hydrogen-bond acceptors (Lipinski definition) is 3. The van der Waals surface area contributed by atoms with Crippen LogP contribution in [0.5, 0.6) is 0 Å². The quantitative estimate of drug-likeness (QED) is 0.562. The molecule has 1 saturated heterocycles. The minimum absolute atomic E-state index is 0.107. The molecule has 0 saturated carbocycles. The molecule has 3 aromatic rings. The van der Waals surface area contributed by atoms with Crippen LogP contribution in [-0.2, 0) is 9.59 Å². The molecule has 4 rings (SSSR count). The molecule has 2 aromatic carbocycles. The summed E-state index contributed by atoms with van der Waals surface area (Å²) in [6.07, 6.45) is 2.53. The molecule has 1 aromatic heterocycles. The molecule has 1 fully saturated rings. The Labute approximate surface area is 168 Å². The zero-order valence-corrected chi connectivity index (χ0v) is 16.5. The minimum atomic E-state index is -0.565. The summed E-state index contributed by atoms with van der Waals surface area (Å²) in [6.45, 7) is 1.98. The zero-order chi connectivity index (χ0) is 19.5. The molecular weight excluding hydrogens is 370 g/mol. The van der Waals surface area contributed by atoms with E-state index in [9.17, 15) is 9.59 Å². The number of para-hydroxylation sites is 1. The van der Waals surface area contributed by atoms with Crippen LogP contribution in [0.3, 0.4) is 0 Å². The molecule has 6 heteroatoms. The molecule has 3 N–H and O–H groups in total. The number of amides is 2. The van der Waals surface area contributed by atoms with E-state index in [0.717, 1.165) is 27.1 Å². The number of piperazine rings is 1. The van der Waals surface area contributed by atoms with Crippen molar-refractivity contribution in [3.63, 3.8) is 0 Å². The van der Waals surface area contributed by atoms with Crippen LogP contribution in [0.4, 0.5) is 0 Å². The third-order valence-corrected chi connectivity index (χ3v) is 6.29. The predicted octanol–water partition coefficient (Wildman–Crippen LogP) is 3.44. The van der Waals surface area contributed by atoms with E-state index in [1.165, 1.54) is 0 Å². The van der Waals surface area contributed by atoms with E-state index in [-0.39, 0.29) is 17.7 Å². The van der Waals surface area contributed by atoms with Crippen LogP contribution in [0.15, 0.2) is 65.7 Å². The summed E-state index contributed by atoms with van der Waals surface area (Å²) in [5.41, 5.74) is 2.07. The van der Waals surface area contributed by atoms with Crippen molar-refractivity contribution in [2.45, 2.75) is 36.2 Å². The summed E-state index contributed by atoms with van der Waals surface area (Å²) in [4.78, 5) is 29.7. The fraction of sp³-hybridized carbons (Fsp3) is 0.273. The molecule has 0 aliphatic carbocycles. The highest BCUT2D eigenvalue weighted by Gasteiger charge is 2.37. The third kappa shape index (κ3) is 3.78. The number of H-pyrrole nitrogens is 1. The van der Waals surface area contributed by atoms with Crippen molar-refractivity contribution in [3.05, 3.63) is 66.4 Å². The Hall–Kier alpha value is -2.73. The van der Waals surface area contributed by atoms with Crippen molar-refractivity contribution in [3.8, 4) is 0 Å². The van der Waals surface area contributed by atoms with Crippen molar-refractivity contribution in [1.29, 1.82) is 0 Å². The Morgan fingerprint density at radius 1 is 0.964 bits per heavy atom. The molecule has 144 valence electrons. The number of hydrogen-bond donors (Lipinski definition) is 3. The molecule has 5 nitrogen and oxygen atoms in total. The van der Waals surface area contributed by atoms with Gasteiger partial charge in [-0.05, 0) is 30.2 Å². The van der Waals surface area contributed by atoms with Gasteiger partial charge in [-0.25, -0.2) is 0 Å². The first-order chi connectivity index (χ1) is 13.6. The van der Waals surface area contributed by atoms with Crippen molar-refractivity contribution in [2.24, 2.45) is 0 Å². The average molecular weight is 394 g/mol. The van der Waals surface area contributed by atoms with Crippen LogP contribution in [0.25, 0.3) is 10.9 Å². The number of thioether (sulfide) groups is 1. The second-order valence-electron chi connectivity index (χ2n) is 7.08. The van der Waals surface area contributed by atoms with Gasteiger partial charge in [-0.2, -0.15) is 0 Å². The number of rotatable bonds is 6. The van der Waals surface area contributed by atoms with E-state index >= 15 is 0 Å². The highest BCUT2D eigenvalue weighted by Crippen LogP contribution is 2.29. The number of fused-ring (bicyclic) bond motifs is 1. The van der Waals surface area contributed by atoms with Gasteiger partial charge in [-0.1, -0.05) is 43.3 Å². The van der Waals surface area contributed by atoms with Crippen molar-refractivity contribution < 1.29 is 9.59 Å². The van der Waals surface area contributed by atoms with Crippen LogP contribution >= 0.6 is 11.8 Å². The first kappa shape index (κ1) is 18.6. The smallest absolute Gasteiger partial charge is 0.243 e. The highest BCUT2D eigenvalue weighted by molar-refractivity contribution is 7.99. The Morgan fingerprint density at radius 3 is 2.54 bits per heavy atom. The van der Waals surface area contributed by atoms with Gasteiger partial charge in [0.1, 0.15) is 12.1 Å². The molecule has 0 radical (unpaired) electrons. The van der Waals surface area contributed by atoms with Crippen LogP contribution < -0.4 is 10.6 Å². The monoisotopic (exact) mass is 393 g/mol. The lowest BCUT2D eigenvalue weighted by Crippen LogP contribution is -2.63. The van der Waals surface area contributed by atoms with E-state index in [1.54, 1.807) is 11.8 Å². The first-order valence-electron chi connectivity index (χ1n) is 9.48. The Kier molecular flexibility index (Phi) is 5.39. The van der Waals surface area contributed by atoms with Gasteiger partial charge in [0.05, 0.1) is 0 Å². The molecule has 3 atom stereocenters. The summed E-state index contributed by atoms with van der Waals surface area (Å²) < 4.78 is 0. The lowest BCUT2D eigenvalue weighted by molar-refractivity contribution is -0.137. The number of aromatic amines is 1. The molecule has 1 aliphatic heterocycles. The fourth-order valence-corrected chi connectivity index (χ4v) is 4.60. The van der Waals surface area contributed by atoms with Gasteiger partial charge < -0.3 is 15.6 Å². The van der Waals surface area contributed by atoms with E-state index in [4.69, 9.17) is 0 Å². The standard InChI is InChI=1S/C22H23N3O2S/c1-14(17-13-23-18-10-6-5-9-16(17)18)20-22(27)24-19(21(26)25-20)11-12-28-15-7-3-2-4-8-15/h2-10,13-14,19-20,23H,11-12H2,1H3,(H,24,27)(H,25,26)/t14?,19-,20-/m1/s1. The van der Waals surface area contributed by atoms with Crippen LogP contribution in [0, 0.1) is 0 Å². The average Bonchev–Trinajstić information content (AvgIpc) is 3.15. The maximum absolute atomic E-state index is 12.7. The summed E-state index contributed by atoms with van der Waals surface area (Å²) in [6, 6.07) is 17.0. The Bertz CT molecular complexity index is 986. The number of carbonyl (C=O) groups excluding carboxylic acids is 2. The Balaban J connectivity index is 1.39. The maximum atomic E-state index is 12.7. The van der Waals surface area contributed by atoms with E-state index in [0.29, 0.717) is 6.42 Å². The summed E-state index contributed by atoms with van der Waals surface area (Å²) >= 11 is 1.69. The number of aromatic nitrogens is 1. The highest BCUT2D eigenvalue weighted by atomic mass is 32.2. The largest absolute Gasteiger partial charge is 0.361 e. The van der Waals surface area contributed by atoms with Gasteiger partial charge in [0, 0.05) is 33.7 Å². The maximum Gasteiger partial charge on any atom is 0.243 e. The normalized spacial score (nSPS) is 20.6.